The molecule has 2 aromatic carbocycles. The third-order valence-electron chi connectivity index (χ3n) is 5.57. The minimum absolute atomic E-state index is 0.293. The summed E-state index contributed by atoms with van der Waals surface area (Å²) in [5.74, 6) is 3.06. The highest BCUT2D eigenvalue weighted by Gasteiger charge is 2.50. The number of methoxy groups -OCH3 is 2. The number of aliphatic imine (C=N–C) groups is 1. The van der Waals surface area contributed by atoms with E-state index in [4.69, 9.17) is 20.2 Å². The largest absolute Gasteiger partial charge is 0.497 e. The summed E-state index contributed by atoms with van der Waals surface area (Å²) in [6.07, 6.45) is 0. The number of halogens is 1. The van der Waals surface area contributed by atoms with Gasteiger partial charge in [-0.15, -0.1) is 0 Å². The first-order chi connectivity index (χ1) is 13.5. The molecule has 0 amide bonds. The molecule has 0 bridgehead atoms. The standard InChI is InChI=1S/C21H24BrN3O2S/c1-26-18-7-6-14(19(9-18)27-2)10-25-11-16-12-28-20(23)24-21(16,13-25)15-4-3-5-17(22)8-15/h3-9,16H,10-13H2,1-2H3,(H2,23,24)/t16?,21-/m1/s1. The van der Waals surface area contributed by atoms with Gasteiger partial charge in [-0.2, -0.15) is 0 Å². The van der Waals surface area contributed by atoms with E-state index in [0.717, 1.165) is 46.9 Å². The SMILES string of the molecule is COc1ccc(CN2CC3CSC(N)=N[C@@]3(c3cccc(Br)c3)C2)c(OC)c1. The van der Waals surface area contributed by atoms with Crippen LogP contribution in [0.4, 0.5) is 0 Å². The van der Waals surface area contributed by atoms with E-state index in [2.05, 4.69) is 51.2 Å². The number of thioether (sulfide) groups is 1. The van der Waals surface area contributed by atoms with Crippen LogP contribution in [-0.4, -0.2) is 43.1 Å². The van der Waals surface area contributed by atoms with Crippen molar-refractivity contribution >= 4 is 32.9 Å². The van der Waals surface area contributed by atoms with Gasteiger partial charge in [-0.05, 0) is 23.8 Å². The maximum Gasteiger partial charge on any atom is 0.154 e. The fraction of sp³-hybridized carbons (Fsp3) is 0.381. The van der Waals surface area contributed by atoms with Crippen molar-refractivity contribution in [1.82, 2.24) is 4.90 Å². The highest BCUT2D eigenvalue weighted by Crippen LogP contribution is 2.46. The Bertz CT molecular complexity index is 907. The van der Waals surface area contributed by atoms with Crippen LogP contribution in [0.25, 0.3) is 0 Å². The maximum atomic E-state index is 6.18. The summed E-state index contributed by atoms with van der Waals surface area (Å²) < 4.78 is 12.0. The summed E-state index contributed by atoms with van der Waals surface area (Å²) in [6, 6.07) is 14.5. The van der Waals surface area contributed by atoms with E-state index in [1.165, 1.54) is 5.56 Å². The molecule has 28 heavy (non-hydrogen) atoms. The number of nitrogens with zero attached hydrogens (tertiary/aromatic N) is 2. The second-order valence-electron chi connectivity index (χ2n) is 7.24. The lowest BCUT2D eigenvalue weighted by Gasteiger charge is -2.35. The lowest BCUT2D eigenvalue weighted by Crippen LogP contribution is -2.39. The van der Waals surface area contributed by atoms with Crippen molar-refractivity contribution in [2.24, 2.45) is 16.6 Å². The summed E-state index contributed by atoms with van der Waals surface area (Å²) in [5.41, 5.74) is 8.25. The van der Waals surface area contributed by atoms with Crippen LogP contribution in [0.3, 0.4) is 0 Å². The summed E-state index contributed by atoms with van der Waals surface area (Å²) in [5, 5.41) is 0.681. The minimum atomic E-state index is -0.293. The third-order valence-corrected chi connectivity index (χ3v) is 7.02. The first kappa shape index (κ1) is 19.6. The van der Waals surface area contributed by atoms with Gasteiger partial charge in [0.2, 0.25) is 0 Å². The van der Waals surface area contributed by atoms with Crippen LogP contribution in [0.2, 0.25) is 0 Å². The summed E-state index contributed by atoms with van der Waals surface area (Å²) in [4.78, 5) is 7.45. The number of hydrogen-bond acceptors (Lipinski definition) is 6. The fourth-order valence-corrected chi connectivity index (χ4v) is 5.60. The van der Waals surface area contributed by atoms with E-state index in [0.29, 0.717) is 11.1 Å². The molecule has 2 N–H and O–H groups in total. The number of likely N-dealkylation sites (tertiary alicyclic amines) is 1. The molecule has 1 unspecified atom stereocenters. The molecular formula is C21H24BrN3O2S. The van der Waals surface area contributed by atoms with Gasteiger partial charge in [-0.3, -0.25) is 4.90 Å². The van der Waals surface area contributed by atoms with E-state index in [1.54, 1.807) is 26.0 Å². The van der Waals surface area contributed by atoms with Gasteiger partial charge in [-0.25, -0.2) is 4.99 Å². The number of nitrogens with two attached hydrogens (primary N) is 1. The van der Waals surface area contributed by atoms with Crippen molar-refractivity contribution in [3.8, 4) is 11.5 Å². The molecule has 4 rings (SSSR count). The predicted octanol–water partition coefficient (Wildman–Crippen LogP) is 3.86. The van der Waals surface area contributed by atoms with Crippen molar-refractivity contribution in [1.29, 1.82) is 0 Å². The molecule has 0 radical (unpaired) electrons. The Morgan fingerprint density at radius 3 is 2.86 bits per heavy atom. The van der Waals surface area contributed by atoms with Crippen molar-refractivity contribution in [3.63, 3.8) is 0 Å². The lowest BCUT2D eigenvalue weighted by molar-refractivity contribution is 0.298. The summed E-state index contributed by atoms with van der Waals surface area (Å²) >= 11 is 5.27. The van der Waals surface area contributed by atoms with E-state index >= 15 is 0 Å². The topological polar surface area (TPSA) is 60.1 Å². The average molecular weight is 462 g/mol. The quantitative estimate of drug-likeness (QED) is 0.732. The highest BCUT2D eigenvalue weighted by atomic mass is 79.9. The zero-order valence-corrected chi connectivity index (χ0v) is 18.4. The Kier molecular flexibility index (Phi) is 5.58. The first-order valence-electron chi connectivity index (χ1n) is 9.21. The van der Waals surface area contributed by atoms with Crippen LogP contribution in [0.1, 0.15) is 11.1 Å². The van der Waals surface area contributed by atoms with Crippen molar-refractivity contribution in [2.75, 3.05) is 33.1 Å². The van der Waals surface area contributed by atoms with Gasteiger partial charge in [0.05, 0.1) is 14.2 Å². The average Bonchev–Trinajstić information content (AvgIpc) is 3.06. The molecule has 7 heteroatoms. The number of benzene rings is 2. The Hall–Kier alpha value is -1.70. The molecule has 0 aliphatic carbocycles. The van der Waals surface area contributed by atoms with Crippen LogP contribution in [0.5, 0.6) is 11.5 Å². The van der Waals surface area contributed by atoms with Crippen molar-refractivity contribution in [3.05, 3.63) is 58.1 Å². The molecule has 148 valence electrons. The van der Waals surface area contributed by atoms with Crippen LogP contribution in [-0.2, 0) is 12.1 Å². The highest BCUT2D eigenvalue weighted by molar-refractivity contribution is 9.10. The fourth-order valence-electron chi connectivity index (χ4n) is 4.22. The zero-order valence-electron chi connectivity index (χ0n) is 16.0. The van der Waals surface area contributed by atoms with Gasteiger partial charge in [0.1, 0.15) is 17.0 Å². The van der Waals surface area contributed by atoms with Gasteiger partial charge < -0.3 is 15.2 Å². The van der Waals surface area contributed by atoms with Crippen LogP contribution >= 0.6 is 27.7 Å². The van der Waals surface area contributed by atoms with Gasteiger partial charge in [0, 0.05) is 47.4 Å². The van der Waals surface area contributed by atoms with Crippen molar-refractivity contribution < 1.29 is 9.47 Å². The second kappa shape index (κ2) is 7.97. The molecule has 2 aliphatic rings. The van der Waals surface area contributed by atoms with Gasteiger partial charge in [0.15, 0.2) is 5.17 Å². The Balaban J connectivity index is 1.65. The third kappa shape index (κ3) is 3.63. The Morgan fingerprint density at radius 1 is 1.25 bits per heavy atom. The molecule has 0 saturated carbocycles. The molecule has 2 atom stereocenters. The molecular weight excluding hydrogens is 438 g/mol. The molecule has 1 fully saturated rings. The van der Waals surface area contributed by atoms with Gasteiger partial charge >= 0.3 is 0 Å². The molecule has 0 aromatic heterocycles. The number of ether oxygens (including phenoxy) is 2. The lowest BCUT2D eigenvalue weighted by atomic mass is 9.82. The summed E-state index contributed by atoms with van der Waals surface area (Å²) in [7, 11) is 3.37. The molecule has 2 aliphatic heterocycles. The number of amidine groups is 1. The number of hydrogen-bond donors (Lipinski definition) is 1. The smallest absolute Gasteiger partial charge is 0.154 e. The normalized spacial score (nSPS) is 24.5. The first-order valence-corrected chi connectivity index (χ1v) is 11.0. The van der Waals surface area contributed by atoms with E-state index < -0.39 is 0 Å². The van der Waals surface area contributed by atoms with Crippen LogP contribution < -0.4 is 15.2 Å². The molecule has 2 aromatic rings. The Labute approximate surface area is 178 Å². The number of fused-ring (bicyclic) bond motifs is 1. The summed E-state index contributed by atoms with van der Waals surface area (Å²) in [6.45, 7) is 2.62. The molecule has 0 spiro atoms. The molecule has 2 heterocycles. The minimum Gasteiger partial charge on any atom is -0.497 e. The molecule has 1 saturated heterocycles. The van der Waals surface area contributed by atoms with Crippen LogP contribution in [0.15, 0.2) is 51.9 Å². The zero-order chi connectivity index (χ0) is 19.7. The van der Waals surface area contributed by atoms with Crippen LogP contribution in [0, 0.1) is 5.92 Å². The monoisotopic (exact) mass is 461 g/mol. The Morgan fingerprint density at radius 2 is 2.11 bits per heavy atom. The molecule has 5 nitrogen and oxygen atoms in total. The maximum absolute atomic E-state index is 6.18. The van der Waals surface area contributed by atoms with E-state index in [9.17, 15) is 0 Å². The second-order valence-corrected chi connectivity index (χ2v) is 9.20. The van der Waals surface area contributed by atoms with E-state index in [-0.39, 0.29) is 5.54 Å². The number of rotatable bonds is 5. The van der Waals surface area contributed by atoms with E-state index in [1.807, 2.05) is 12.1 Å². The van der Waals surface area contributed by atoms with Gasteiger partial charge in [-0.1, -0.05) is 45.9 Å². The van der Waals surface area contributed by atoms with Gasteiger partial charge in [0.25, 0.3) is 0 Å². The van der Waals surface area contributed by atoms with Crippen molar-refractivity contribution in [2.45, 2.75) is 12.1 Å². The predicted molar refractivity (Wildman–Crippen MR) is 118 cm³/mol.